The molecule has 0 aromatic carbocycles. The number of nitrogens with zero attached hydrogens (tertiary/aromatic N) is 1. The maximum absolute atomic E-state index is 10.7. The first-order valence-electron chi connectivity index (χ1n) is 3.67. The summed E-state index contributed by atoms with van der Waals surface area (Å²) in [7, 11) is 0. The van der Waals surface area contributed by atoms with Crippen LogP contribution in [0.3, 0.4) is 0 Å². The smallest absolute Gasteiger partial charge is 0.356 e. The summed E-state index contributed by atoms with van der Waals surface area (Å²) in [5, 5.41) is 15.1. The molecule has 1 fully saturated rings. The quantitative estimate of drug-likeness (QED) is 0.814. The summed E-state index contributed by atoms with van der Waals surface area (Å²) in [6.07, 6.45) is 2.14. The lowest BCUT2D eigenvalue weighted by Gasteiger charge is -1.93. The highest BCUT2D eigenvalue weighted by atomic mass is 79.9. The number of aromatic nitrogens is 2. The van der Waals surface area contributed by atoms with Crippen molar-refractivity contribution in [1.82, 2.24) is 10.2 Å². The third-order valence-electron chi connectivity index (χ3n) is 1.95. The third kappa shape index (κ3) is 1.14. The molecular weight excluding hydrogens is 224 g/mol. The second kappa shape index (κ2) is 2.58. The number of H-pyrrole nitrogens is 1. The van der Waals surface area contributed by atoms with E-state index in [-0.39, 0.29) is 5.69 Å². The lowest BCUT2D eigenvalue weighted by atomic mass is 10.2. The molecule has 0 amide bonds. The Bertz CT molecular complexity index is 330. The van der Waals surface area contributed by atoms with E-state index in [9.17, 15) is 4.79 Å². The summed E-state index contributed by atoms with van der Waals surface area (Å²) in [4.78, 5) is 10.7. The summed E-state index contributed by atoms with van der Waals surface area (Å²) >= 11 is 3.24. The molecule has 5 heteroatoms. The zero-order chi connectivity index (χ0) is 8.72. The number of halogens is 1. The zero-order valence-corrected chi connectivity index (χ0v) is 7.76. The van der Waals surface area contributed by atoms with E-state index in [4.69, 9.17) is 5.11 Å². The molecule has 1 saturated carbocycles. The van der Waals surface area contributed by atoms with Crippen molar-refractivity contribution in [2.75, 3.05) is 0 Å². The highest BCUT2D eigenvalue weighted by Crippen LogP contribution is 2.44. The number of carboxylic acids is 1. The summed E-state index contributed by atoms with van der Waals surface area (Å²) in [6.45, 7) is 0. The van der Waals surface area contributed by atoms with Crippen molar-refractivity contribution in [2.45, 2.75) is 18.8 Å². The molecule has 0 spiro atoms. The first kappa shape index (κ1) is 7.79. The third-order valence-corrected chi connectivity index (χ3v) is 2.55. The van der Waals surface area contributed by atoms with E-state index in [1.54, 1.807) is 0 Å². The van der Waals surface area contributed by atoms with E-state index in [0.717, 1.165) is 18.4 Å². The molecule has 0 aliphatic heterocycles. The Morgan fingerprint density at radius 1 is 1.67 bits per heavy atom. The van der Waals surface area contributed by atoms with Crippen molar-refractivity contribution in [3.05, 3.63) is 15.9 Å². The van der Waals surface area contributed by atoms with Crippen LogP contribution in [-0.4, -0.2) is 21.3 Å². The topological polar surface area (TPSA) is 66.0 Å². The normalized spacial score (nSPS) is 16.4. The summed E-state index contributed by atoms with van der Waals surface area (Å²) in [5.74, 6) is -0.567. The standard InChI is InChI=1S/C7H7BrN2O2/c8-6-4(3-1-2-3)5(7(11)12)9-10-6/h3H,1-2H2,(H,9,10)(H,11,12). The molecule has 2 N–H and O–H groups in total. The molecule has 12 heavy (non-hydrogen) atoms. The van der Waals surface area contributed by atoms with Gasteiger partial charge < -0.3 is 5.11 Å². The molecular formula is C7H7BrN2O2. The van der Waals surface area contributed by atoms with Crippen LogP contribution in [-0.2, 0) is 0 Å². The summed E-state index contributed by atoms with van der Waals surface area (Å²) in [6, 6.07) is 0. The van der Waals surface area contributed by atoms with E-state index in [2.05, 4.69) is 26.1 Å². The van der Waals surface area contributed by atoms with Crippen molar-refractivity contribution >= 4 is 21.9 Å². The Morgan fingerprint density at radius 2 is 2.33 bits per heavy atom. The molecule has 0 saturated heterocycles. The fourth-order valence-electron chi connectivity index (χ4n) is 1.24. The molecule has 4 nitrogen and oxygen atoms in total. The van der Waals surface area contributed by atoms with Crippen LogP contribution < -0.4 is 0 Å². The maximum atomic E-state index is 10.7. The van der Waals surface area contributed by atoms with Gasteiger partial charge >= 0.3 is 5.97 Å². The van der Waals surface area contributed by atoms with Crippen LogP contribution in [0.4, 0.5) is 0 Å². The van der Waals surface area contributed by atoms with Gasteiger partial charge in [0.1, 0.15) is 4.60 Å². The Kier molecular flexibility index (Phi) is 1.68. The Balaban J connectivity index is 2.46. The van der Waals surface area contributed by atoms with E-state index >= 15 is 0 Å². The predicted molar refractivity (Wildman–Crippen MR) is 45.2 cm³/mol. The number of hydrogen-bond donors (Lipinski definition) is 2. The van der Waals surface area contributed by atoms with Crippen LogP contribution in [0.1, 0.15) is 34.8 Å². The van der Waals surface area contributed by atoms with Gasteiger partial charge in [-0.05, 0) is 34.7 Å². The van der Waals surface area contributed by atoms with Crippen molar-refractivity contribution in [2.24, 2.45) is 0 Å². The monoisotopic (exact) mass is 230 g/mol. The van der Waals surface area contributed by atoms with Crippen LogP contribution in [0.2, 0.25) is 0 Å². The molecule has 0 bridgehead atoms. The van der Waals surface area contributed by atoms with Gasteiger partial charge in [0.2, 0.25) is 0 Å². The second-order valence-corrected chi connectivity index (χ2v) is 3.67. The van der Waals surface area contributed by atoms with Gasteiger partial charge in [0, 0.05) is 5.56 Å². The molecule has 1 aliphatic rings. The second-order valence-electron chi connectivity index (χ2n) is 2.88. The molecule has 2 rings (SSSR count). The van der Waals surface area contributed by atoms with Gasteiger partial charge in [-0.15, -0.1) is 0 Å². The fraction of sp³-hybridized carbons (Fsp3) is 0.429. The molecule has 1 aliphatic carbocycles. The first-order valence-corrected chi connectivity index (χ1v) is 4.46. The average molecular weight is 231 g/mol. The van der Waals surface area contributed by atoms with Gasteiger partial charge in [0.15, 0.2) is 5.69 Å². The van der Waals surface area contributed by atoms with E-state index in [1.807, 2.05) is 0 Å². The van der Waals surface area contributed by atoms with Gasteiger partial charge in [0.25, 0.3) is 0 Å². The molecule has 1 aromatic heterocycles. The molecule has 0 unspecified atom stereocenters. The number of nitrogens with one attached hydrogen (secondary N) is 1. The van der Waals surface area contributed by atoms with Crippen molar-refractivity contribution in [1.29, 1.82) is 0 Å². The zero-order valence-electron chi connectivity index (χ0n) is 6.17. The molecule has 0 radical (unpaired) electrons. The number of rotatable bonds is 2. The van der Waals surface area contributed by atoms with Crippen LogP contribution in [0, 0.1) is 0 Å². The van der Waals surface area contributed by atoms with Gasteiger partial charge in [-0.3, -0.25) is 5.10 Å². The molecule has 1 heterocycles. The Morgan fingerprint density at radius 3 is 2.83 bits per heavy atom. The molecule has 64 valence electrons. The van der Waals surface area contributed by atoms with E-state index in [1.165, 1.54) is 0 Å². The van der Waals surface area contributed by atoms with Gasteiger partial charge in [-0.2, -0.15) is 5.10 Å². The highest BCUT2D eigenvalue weighted by molar-refractivity contribution is 9.10. The van der Waals surface area contributed by atoms with Gasteiger partial charge in [-0.1, -0.05) is 0 Å². The van der Waals surface area contributed by atoms with Crippen LogP contribution in [0.5, 0.6) is 0 Å². The number of hydrogen-bond acceptors (Lipinski definition) is 2. The number of carbonyl (C=O) groups is 1. The average Bonchev–Trinajstić information content (AvgIpc) is 2.75. The summed E-state index contributed by atoms with van der Waals surface area (Å²) in [5.41, 5.74) is 0.979. The van der Waals surface area contributed by atoms with Crippen LogP contribution in [0.25, 0.3) is 0 Å². The minimum absolute atomic E-state index is 0.157. The Hall–Kier alpha value is -0.840. The van der Waals surface area contributed by atoms with E-state index in [0.29, 0.717) is 10.5 Å². The van der Waals surface area contributed by atoms with Crippen molar-refractivity contribution in [3.63, 3.8) is 0 Å². The maximum Gasteiger partial charge on any atom is 0.356 e. The lowest BCUT2D eigenvalue weighted by molar-refractivity contribution is 0.0689. The highest BCUT2D eigenvalue weighted by Gasteiger charge is 2.32. The Labute approximate surface area is 77.1 Å². The van der Waals surface area contributed by atoms with E-state index < -0.39 is 5.97 Å². The van der Waals surface area contributed by atoms with Gasteiger partial charge in [-0.25, -0.2) is 4.79 Å². The lowest BCUT2D eigenvalue weighted by Crippen LogP contribution is -2.00. The minimum Gasteiger partial charge on any atom is -0.476 e. The van der Waals surface area contributed by atoms with Crippen molar-refractivity contribution < 1.29 is 9.90 Å². The largest absolute Gasteiger partial charge is 0.476 e. The number of carboxylic acid groups (broad SMARTS) is 1. The number of aromatic carboxylic acids is 1. The van der Waals surface area contributed by atoms with Crippen molar-refractivity contribution in [3.8, 4) is 0 Å². The summed E-state index contributed by atoms with van der Waals surface area (Å²) < 4.78 is 0.711. The molecule has 0 atom stereocenters. The fourth-order valence-corrected chi connectivity index (χ4v) is 1.84. The van der Waals surface area contributed by atoms with Crippen LogP contribution in [0.15, 0.2) is 4.60 Å². The first-order chi connectivity index (χ1) is 5.70. The molecule has 1 aromatic rings. The minimum atomic E-state index is -0.959. The van der Waals surface area contributed by atoms with Crippen LogP contribution >= 0.6 is 15.9 Å². The SMILES string of the molecule is O=C(O)c1n[nH]c(Br)c1C1CC1. The number of aromatic amines is 1. The predicted octanol–water partition coefficient (Wildman–Crippen LogP) is 1.75. The van der Waals surface area contributed by atoms with Gasteiger partial charge in [0.05, 0.1) is 0 Å².